The summed E-state index contributed by atoms with van der Waals surface area (Å²) in [5.41, 5.74) is 5.72. The second-order valence-electron chi connectivity index (χ2n) is 17.8. The fourth-order valence-corrected chi connectivity index (χ4v) is 9.59. The molecule has 0 saturated carbocycles. The van der Waals surface area contributed by atoms with Gasteiger partial charge >= 0.3 is 6.01 Å². The average Bonchev–Trinajstić information content (AvgIpc) is 3.69. The van der Waals surface area contributed by atoms with Crippen molar-refractivity contribution in [2.75, 3.05) is 67.5 Å². The Morgan fingerprint density at radius 1 is 0.800 bits per heavy atom. The molecule has 2 aromatic heterocycles. The number of fused-ring (bicyclic) bond motifs is 2. The lowest BCUT2D eigenvalue weighted by molar-refractivity contribution is -0.132. The van der Waals surface area contributed by atoms with E-state index < -0.39 is 0 Å². The minimum atomic E-state index is -0.314. The van der Waals surface area contributed by atoms with Crippen LogP contribution in [0.1, 0.15) is 68.3 Å². The molecular weight excluding hydrogens is 825 g/mol. The van der Waals surface area contributed by atoms with Crippen LogP contribution >= 0.6 is 0 Å². The Kier molecular flexibility index (Phi) is 12.1. The number of phenolic OH excluding ortho intramolecular Hbond substituents is 3. The van der Waals surface area contributed by atoms with Crippen molar-refractivity contribution < 1.29 is 30.0 Å². The van der Waals surface area contributed by atoms with E-state index in [1.807, 2.05) is 72.2 Å². The lowest BCUT2D eigenvalue weighted by Crippen LogP contribution is -2.49. The Labute approximate surface area is 377 Å². The molecule has 16 heteroatoms. The number of benzene rings is 4. The summed E-state index contributed by atoms with van der Waals surface area (Å²) in [6.45, 7) is 11.1. The first-order chi connectivity index (χ1) is 31.4. The van der Waals surface area contributed by atoms with E-state index in [1.165, 1.54) is 10.6 Å². The predicted molar refractivity (Wildman–Crippen MR) is 249 cm³/mol. The summed E-state index contributed by atoms with van der Waals surface area (Å²) < 4.78 is 1.47. The van der Waals surface area contributed by atoms with E-state index >= 15 is 0 Å². The quantitative estimate of drug-likeness (QED) is 0.0969. The predicted octanol–water partition coefficient (Wildman–Crippen LogP) is 6.34. The van der Waals surface area contributed by atoms with Gasteiger partial charge in [0.25, 0.3) is 0 Å². The Morgan fingerprint density at radius 3 is 2.29 bits per heavy atom. The largest absolute Gasteiger partial charge is 0.508 e. The monoisotopic (exact) mass is 880 g/mol. The van der Waals surface area contributed by atoms with Gasteiger partial charge in [-0.25, -0.2) is 9.55 Å². The van der Waals surface area contributed by atoms with Gasteiger partial charge in [0.05, 0.1) is 23.5 Å². The number of phenols is 3. The highest BCUT2D eigenvalue weighted by Gasteiger charge is 2.30. The third kappa shape index (κ3) is 9.02. The molecule has 6 aromatic rings. The zero-order chi connectivity index (χ0) is 45.4. The normalized spacial score (nSPS) is 15.8. The molecule has 0 spiro atoms. The van der Waals surface area contributed by atoms with Gasteiger partial charge in [0.2, 0.25) is 17.8 Å². The molecule has 338 valence electrons. The number of nitrogens with one attached hydrogen (secondary N) is 1. The zero-order valence-corrected chi connectivity index (χ0v) is 37.1. The van der Waals surface area contributed by atoms with Crippen molar-refractivity contribution in [1.82, 2.24) is 34.5 Å². The van der Waals surface area contributed by atoms with Crippen molar-refractivity contribution in [1.29, 1.82) is 0 Å². The van der Waals surface area contributed by atoms with E-state index in [4.69, 9.17) is 9.97 Å². The molecule has 0 aliphatic carbocycles. The van der Waals surface area contributed by atoms with Gasteiger partial charge in [-0.2, -0.15) is 4.98 Å². The molecular formula is C49H56N10O6. The van der Waals surface area contributed by atoms with Crippen molar-refractivity contribution in [2.24, 2.45) is 5.92 Å². The standard InChI is InChI=1S/C49H56N10O6/c1-30(2)39-27-40(44(63)28-43(39)62)47-53-54-49(65)59(47)35-10-8-32(9-11-35)24-33-13-17-56(18-14-33)45(64)12-16-50-48-51-41-29-58(42-26-36(61)25-34-6-4-5-7-37(34)42)19-15-38(41)46(52-48)57-22-20-55(21-23-57)31(3)60/h4-11,25-28,30,33,61-63H,12-24,29H2,1-3H3,(H,54,65)(H,50,51,52). The number of aromatic nitrogens is 5. The molecule has 65 heavy (non-hydrogen) atoms. The summed E-state index contributed by atoms with van der Waals surface area (Å²) >= 11 is 0. The Hall–Kier alpha value is -7.10. The summed E-state index contributed by atoms with van der Waals surface area (Å²) in [7, 11) is 0. The smallest absolute Gasteiger partial charge is 0.319 e. The number of piperidine rings is 1. The summed E-state index contributed by atoms with van der Waals surface area (Å²) in [6.07, 6.45) is 3.65. The highest BCUT2D eigenvalue weighted by molar-refractivity contribution is 5.95. The van der Waals surface area contributed by atoms with Crippen molar-refractivity contribution in [3.05, 3.63) is 95.2 Å². The summed E-state index contributed by atoms with van der Waals surface area (Å²) in [5.74, 6) is 2.22. The molecule has 2 fully saturated rings. The Bertz CT molecular complexity index is 2720. The minimum Gasteiger partial charge on any atom is -0.508 e. The van der Waals surface area contributed by atoms with Gasteiger partial charge in [-0.15, -0.1) is 5.10 Å². The molecule has 0 bridgehead atoms. The maximum Gasteiger partial charge on any atom is 0.319 e. The van der Waals surface area contributed by atoms with Crippen LogP contribution < -0.4 is 15.1 Å². The van der Waals surface area contributed by atoms with Crippen LogP contribution in [-0.4, -0.2) is 119 Å². The summed E-state index contributed by atoms with van der Waals surface area (Å²) in [4.78, 5) is 44.0. The number of aromatic hydroxyl groups is 4. The molecule has 0 atom stereocenters. The molecule has 4 aromatic carbocycles. The molecule has 2 saturated heterocycles. The SMILES string of the molecule is CC(=O)N1CCN(c2nc(NCCC(=O)N3CCC(Cc4ccc(-n5c(O)nnc5-c5cc(C(C)C)c(O)cc5O)cc4)CC3)nc3c2CCN(c2cc(O)cc4ccccc24)C3)CC1. The van der Waals surface area contributed by atoms with Gasteiger partial charge in [0.1, 0.15) is 23.1 Å². The van der Waals surface area contributed by atoms with Gasteiger partial charge in [-0.3, -0.25) is 9.59 Å². The van der Waals surface area contributed by atoms with Crippen LogP contribution in [-0.2, 0) is 29.0 Å². The first-order valence-corrected chi connectivity index (χ1v) is 22.6. The molecule has 0 unspecified atom stereocenters. The summed E-state index contributed by atoms with van der Waals surface area (Å²) in [6, 6.07) is 22.1. The lowest BCUT2D eigenvalue weighted by atomic mass is 9.90. The number of likely N-dealkylation sites (tertiary alicyclic amines) is 1. The second-order valence-corrected chi connectivity index (χ2v) is 17.8. The molecule has 5 N–H and O–H groups in total. The Balaban J connectivity index is 0.822. The topological polar surface area (TPSA) is 197 Å². The van der Waals surface area contributed by atoms with Crippen molar-refractivity contribution in [3.8, 4) is 40.3 Å². The summed E-state index contributed by atoms with van der Waals surface area (Å²) in [5, 5.41) is 55.8. The molecule has 5 heterocycles. The number of piperazine rings is 1. The van der Waals surface area contributed by atoms with Gasteiger partial charge in [0.15, 0.2) is 5.82 Å². The van der Waals surface area contributed by atoms with E-state index in [1.54, 1.807) is 19.1 Å². The number of nitrogens with zero attached hydrogens (tertiary/aromatic N) is 9. The molecule has 0 radical (unpaired) electrons. The highest BCUT2D eigenvalue weighted by Crippen LogP contribution is 2.40. The molecule has 2 amide bonds. The maximum atomic E-state index is 13.5. The molecule has 3 aliphatic heterocycles. The first-order valence-electron chi connectivity index (χ1n) is 22.6. The van der Waals surface area contributed by atoms with Gasteiger partial charge in [0, 0.05) is 94.5 Å². The minimum absolute atomic E-state index is 0.00159. The van der Waals surface area contributed by atoms with E-state index in [2.05, 4.69) is 31.4 Å². The van der Waals surface area contributed by atoms with E-state index in [-0.39, 0.29) is 46.8 Å². The number of anilines is 3. The van der Waals surface area contributed by atoms with Crippen LogP contribution in [0.2, 0.25) is 0 Å². The number of carbonyl (C=O) groups is 2. The molecule has 16 nitrogen and oxygen atoms in total. The van der Waals surface area contributed by atoms with Crippen molar-refractivity contribution in [3.63, 3.8) is 0 Å². The van der Waals surface area contributed by atoms with Crippen LogP contribution in [0.25, 0.3) is 27.8 Å². The molecule has 3 aliphatic rings. The second kappa shape index (κ2) is 18.2. The highest BCUT2D eigenvalue weighted by atomic mass is 16.3. The maximum absolute atomic E-state index is 13.5. The number of carbonyl (C=O) groups excluding carboxylic acids is 2. The van der Waals surface area contributed by atoms with Crippen LogP contribution in [0, 0.1) is 5.92 Å². The van der Waals surface area contributed by atoms with E-state index in [0.29, 0.717) is 87.5 Å². The Morgan fingerprint density at radius 2 is 1.55 bits per heavy atom. The zero-order valence-electron chi connectivity index (χ0n) is 37.1. The van der Waals surface area contributed by atoms with Crippen LogP contribution in [0.15, 0.2) is 72.8 Å². The van der Waals surface area contributed by atoms with Crippen LogP contribution in [0.4, 0.5) is 17.5 Å². The van der Waals surface area contributed by atoms with Crippen molar-refractivity contribution in [2.45, 2.75) is 65.3 Å². The third-order valence-corrected chi connectivity index (χ3v) is 13.2. The fourth-order valence-electron chi connectivity index (χ4n) is 9.59. The fraction of sp³-hybridized carbons (Fsp3) is 0.388. The van der Waals surface area contributed by atoms with Crippen molar-refractivity contribution >= 4 is 40.0 Å². The van der Waals surface area contributed by atoms with E-state index in [9.17, 15) is 30.0 Å². The first kappa shape index (κ1) is 43.2. The number of rotatable bonds is 11. The molecule has 9 rings (SSSR count). The third-order valence-electron chi connectivity index (χ3n) is 13.2. The van der Waals surface area contributed by atoms with Gasteiger partial charge < -0.3 is 45.3 Å². The van der Waals surface area contributed by atoms with Gasteiger partial charge in [-0.1, -0.05) is 55.3 Å². The lowest BCUT2D eigenvalue weighted by Gasteiger charge is -2.38. The average molecular weight is 881 g/mol. The van der Waals surface area contributed by atoms with Gasteiger partial charge in [-0.05, 0) is 78.3 Å². The number of hydrogen-bond acceptors (Lipinski definition) is 13. The number of hydrogen-bond donors (Lipinski definition) is 5. The van der Waals surface area contributed by atoms with Crippen LogP contribution in [0.3, 0.4) is 0 Å². The van der Waals surface area contributed by atoms with E-state index in [0.717, 1.165) is 71.3 Å². The number of amides is 2. The van der Waals surface area contributed by atoms with Crippen LogP contribution in [0.5, 0.6) is 23.3 Å².